The SMILES string of the molecule is CC(CN)Cc1nc(-c2cncs2)no1. The normalized spacial score (nSPS) is 12.9. The molecule has 0 aliphatic heterocycles. The fraction of sp³-hybridized carbons (Fsp3) is 0.444. The first-order valence-electron chi connectivity index (χ1n) is 4.71. The molecule has 2 aromatic rings. The van der Waals surface area contributed by atoms with Crippen LogP contribution in [0.3, 0.4) is 0 Å². The minimum Gasteiger partial charge on any atom is -0.339 e. The van der Waals surface area contributed by atoms with Crippen LogP contribution in [-0.4, -0.2) is 21.7 Å². The largest absolute Gasteiger partial charge is 0.339 e. The van der Waals surface area contributed by atoms with E-state index in [4.69, 9.17) is 10.3 Å². The third-order valence-corrected chi connectivity index (χ3v) is 2.82. The smallest absolute Gasteiger partial charge is 0.227 e. The summed E-state index contributed by atoms with van der Waals surface area (Å²) in [6.07, 6.45) is 2.45. The van der Waals surface area contributed by atoms with Gasteiger partial charge in [0, 0.05) is 12.6 Å². The Balaban J connectivity index is 2.11. The van der Waals surface area contributed by atoms with Gasteiger partial charge in [0.15, 0.2) is 0 Å². The first kappa shape index (κ1) is 10.3. The second-order valence-electron chi connectivity index (χ2n) is 3.42. The highest BCUT2D eigenvalue weighted by Gasteiger charge is 2.11. The second kappa shape index (κ2) is 4.50. The first-order chi connectivity index (χ1) is 7.29. The Morgan fingerprint density at radius 3 is 3.13 bits per heavy atom. The van der Waals surface area contributed by atoms with Crippen LogP contribution in [0.25, 0.3) is 10.7 Å². The molecule has 2 N–H and O–H groups in total. The molecular formula is C9H12N4OS. The van der Waals surface area contributed by atoms with Crippen molar-refractivity contribution < 1.29 is 4.52 Å². The minimum absolute atomic E-state index is 0.361. The Labute approximate surface area is 91.3 Å². The van der Waals surface area contributed by atoms with Gasteiger partial charge in [0.1, 0.15) is 0 Å². The fourth-order valence-corrected chi connectivity index (χ4v) is 1.69. The van der Waals surface area contributed by atoms with Gasteiger partial charge in [-0.25, -0.2) is 0 Å². The Morgan fingerprint density at radius 1 is 1.60 bits per heavy atom. The molecule has 0 radical (unpaired) electrons. The van der Waals surface area contributed by atoms with Crippen LogP contribution in [0.4, 0.5) is 0 Å². The predicted octanol–water partition coefficient (Wildman–Crippen LogP) is 1.33. The molecular weight excluding hydrogens is 212 g/mol. The second-order valence-corrected chi connectivity index (χ2v) is 4.31. The molecule has 15 heavy (non-hydrogen) atoms. The van der Waals surface area contributed by atoms with Crippen molar-refractivity contribution in [2.24, 2.45) is 11.7 Å². The van der Waals surface area contributed by atoms with Crippen LogP contribution in [0.2, 0.25) is 0 Å². The standard InChI is InChI=1S/C9H12N4OS/c1-6(3-10)2-8-12-9(13-14-8)7-4-11-5-15-7/h4-6H,2-3,10H2,1H3. The molecule has 2 aromatic heterocycles. The molecule has 5 nitrogen and oxygen atoms in total. The van der Waals surface area contributed by atoms with Gasteiger partial charge in [0.2, 0.25) is 11.7 Å². The van der Waals surface area contributed by atoms with Gasteiger partial charge in [-0.3, -0.25) is 4.98 Å². The van der Waals surface area contributed by atoms with Crippen molar-refractivity contribution in [1.82, 2.24) is 15.1 Å². The zero-order valence-electron chi connectivity index (χ0n) is 8.38. The van der Waals surface area contributed by atoms with Gasteiger partial charge >= 0.3 is 0 Å². The van der Waals surface area contributed by atoms with E-state index in [1.165, 1.54) is 11.3 Å². The summed E-state index contributed by atoms with van der Waals surface area (Å²) in [6.45, 7) is 2.68. The first-order valence-corrected chi connectivity index (χ1v) is 5.59. The van der Waals surface area contributed by atoms with Crippen molar-refractivity contribution in [2.45, 2.75) is 13.3 Å². The molecule has 0 saturated carbocycles. The van der Waals surface area contributed by atoms with Gasteiger partial charge in [-0.05, 0) is 12.5 Å². The Kier molecular flexibility index (Phi) is 3.08. The minimum atomic E-state index is 0.361. The molecule has 1 unspecified atom stereocenters. The number of thiazole rings is 1. The Morgan fingerprint density at radius 2 is 2.47 bits per heavy atom. The summed E-state index contributed by atoms with van der Waals surface area (Å²) in [6, 6.07) is 0. The molecule has 0 spiro atoms. The third kappa shape index (κ3) is 2.40. The third-order valence-electron chi connectivity index (χ3n) is 2.05. The van der Waals surface area contributed by atoms with Crippen molar-refractivity contribution in [3.8, 4) is 10.7 Å². The van der Waals surface area contributed by atoms with Crippen LogP contribution < -0.4 is 5.73 Å². The summed E-state index contributed by atoms with van der Waals surface area (Å²) in [5, 5.41) is 3.89. The summed E-state index contributed by atoms with van der Waals surface area (Å²) in [5.41, 5.74) is 7.27. The molecule has 80 valence electrons. The van der Waals surface area contributed by atoms with Crippen molar-refractivity contribution in [3.63, 3.8) is 0 Å². The summed E-state index contributed by atoms with van der Waals surface area (Å²) < 4.78 is 5.12. The molecule has 2 rings (SSSR count). The Hall–Kier alpha value is -1.27. The number of rotatable bonds is 4. The summed E-state index contributed by atoms with van der Waals surface area (Å²) in [4.78, 5) is 9.16. The molecule has 2 heterocycles. The van der Waals surface area contributed by atoms with Gasteiger partial charge < -0.3 is 10.3 Å². The number of nitrogens with zero attached hydrogens (tertiary/aromatic N) is 3. The van der Waals surface area contributed by atoms with Crippen LogP contribution in [0.5, 0.6) is 0 Å². The highest BCUT2D eigenvalue weighted by atomic mass is 32.1. The van der Waals surface area contributed by atoms with E-state index >= 15 is 0 Å². The van der Waals surface area contributed by atoms with Crippen LogP contribution >= 0.6 is 11.3 Å². The van der Waals surface area contributed by atoms with Crippen molar-refractivity contribution >= 4 is 11.3 Å². The van der Waals surface area contributed by atoms with E-state index in [0.29, 0.717) is 24.2 Å². The van der Waals surface area contributed by atoms with E-state index in [-0.39, 0.29) is 0 Å². The maximum atomic E-state index is 5.52. The quantitative estimate of drug-likeness (QED) is 0.847. The summed E-state index contributed by atoms with van der Waals surface area (Å²) >= 11 is 1.49. The van der Waals surface area contributed by atoms with Gasteiger partial charge in [-0.1, -0.05) is 12.1 Å². The van der Waals surface area contributed by atoms with Gasteiger partial charge in [0.05, 0.1) is 10.4 Å². The monoisotopic (exact) mass is 224 g/mol. The zero-order valence-corrected chi connectivity index (χ0v) is 9.20. The van der Waals surface area contributed by atoms with E-state index < -0.39 is 0 Å². The summed E-state index contributed by atoms with van der Waals surface area (Å²) in [5.74, 6) is 1.60. The lowest BCUT2D eigenvalue weighted by Crippen LogP contribution is -2.13. The maximum absolute atomic E-state index is 5.52. The lowest BCUT2D eigenvalue weighted by atomic mass is 10.1. The number of nitrogens with two attached hydrogens (primary N) is 1. The van der Waals surface area contributed by atoms with Crippen LogP contribution in [0.1, 0.15) is 12.8 Å². The number of aromatic nitrogens is 3. The molecule has 0 aliphatic rings. The molecule has 0 amide bonds. The maximum Gasteiger partial charge on any atom is 0.227 e. The molecule has 0 aromatic carbocycles. The van der Waals surface area contributed by atoms with Crippen LogP contribution in [-0.2, 0) is 6.42 Å². The average Bonchev–Trinajstić information content (AvgIpc) is 2.85. The van der Waals surface area contributed by atoms with Crippen molar-refractivity contribution in [1.29, 1.82) is 0 Å². The van der Waals surface area contributed by atoms with Gasteiger partial charge in [-0.15, -0.1) is 11.3 Å². The highest BCUT2D eigenvalue weighted by Crippen LogP contribution is 2.20. The van der Waals surface area contributed by atoms with Crippen LogP contribution in [0.15, 0.2) is 16.2 Å². The van der Waals surface area contributed by atoms with Crippen molar-refractivity contribution in [2.75, 3.05) is 6.54 Å². The van der Waals surface area contributed by atoms with E-state index in [1.807, 2.05) is 0 Å². The summed E-state index contributed by atoms with van der Waals surface area (Å²) in [7, 11) is 0. The van der Waals surface area contributed by atoms with E-state index in [0.717, 1.165) is 11.3 Å². The molecule has 0 saturated heterocycles. The lowest BCUT2D eigenvalue weighted by molar-refractivity contribution is 0.360. The zero-order chi connectivity index (χ0) is 10.7. The predicted molar refractivity (Wildman–Crippen MR) is 57.3 cm³/mol. The topological polar surface area (TPSA) is 77.8 Å². The van der Waals surface area contributed by atoms with Crippen LogP contribution in [0, 0.1) is 5.92 Å². The average molecular weight is 224 g/mol. The van der Waals surface area contributed by atoms with Gasteiger partial charge in [-0.2, -0.15) is 4.98 Å². The van der Waals surface area contributed by atoms with Crippen molar-refractivity contribution in [3.05, 3.63) is 17.6 Å². The highest BCUT2D eigenvalue weighted by molar-refractivity contribution is 7.13. The van der Waals surface area contributed by atoms with Gasteiger partial charge in [0.25, 0.3) is 0 Å². The fourth-order valence-electron chi connectivity index (χ4n) is 1.15. The van der Waals surface area contributed by atoms with E-state index in [2.05, 4.69) is 22.0 Å². The lowest BCUT2D eigenvalue weighted by Gasteiger charge is -2.01. The molecule has 1 atom stereocenters. The number of hydrogen-bond donors (Lipinski definition) is 1. The number of hydrogen-bond acceptors (Lipinski definition) is 6. The molecule has 0 aliphatic carbocycles. The molecule has 6 heteroatoms. The van der Waals surface area contributed by atoms with E-state index in [1.54, 1.807) is 11.7 Å². The van der Waals surface area contributed by atoms with E-state index in [9.17, 15) is 0 Å². The molecule has 0 fully saturated rings. The molecule has 0 bridgehead atoms. The Bertz CT molecular complexity index is 411.